The van der Waals surface area contributed by atoms with Crippen LogP contribution in [0.2, 0.25) is 0 Å². The Kier molecular flexibility index (Phi) is 4.83. The molecule has 1 heterocycles. The van der Waals surface area contributed by atoms with Gasteiger partial charge >= 0.3 is 5.97 Å². The Morgan fingerprint density at radius 3 is 2.75 bits per heavy atom. The van der Waals surface area contributed by atoms with Crippen molar-refractivity contribution in [3.05, 3.63) is 50.1 Å². The molecular weight excluding hydrogens is 338 g/mol. The maximum absolute atomic E-state index is 11.8. The molecule has 1 atom stereocenters. The Morgan fingerprint density at radius 1 is 1.40 bits per heavy atom. The van der Waals surface area contributed by atoms with Crippen molar-refractivity contribution in [3.8, 4) is 0 Å². The monoisotopic (exact) mass is 353 g/mol. The molecule has 0 fully saturated rings. The van der Waals surface area contributed by atoms with E-state index in [0.717, 1.165) is 15.7 Å². The molecule has 0 saturated carbocycles. The highest BCUT2D eigenvalue weighted by molar-refractivity contribution is 9.10. The standard InChI is InChI=1S/C15H16BrNO2S/c1-9-4-5-13(12(6-9)15(18)19-3)17-10(2)14-7-11(16)8-20-14/h4-8,10,17H,1-3H3. The number of aryl methyl sites for hydroxylation is 1. The van der Waals surface area contributed by atoms with E-state index < -0.39 is 0 Å². The molecule has 2 rings (SSSR count). The molecule has 106 valence electrons. The molecule has 2 aromatic rings. The lowest BCUT2D eigenvalue weighted by molar-refractivity contribution is 0.0601. The lowest BCUT2D eigenvalue weighted by Gasteiger charge is -2.16. The number of rotatable bonds is 4. The zero-order chi connectivity index (χ0) is 14.7. The molecule has 0 amide bonds. The summed E-state index contributed by atoms with van der Waals surface area (Å²) >= 11 is 5.13. The zero-order valence-electron chi connectivity index (χ0n) is 11.6. The smallest absolute Gasteiger partial charge is 0.339 e. The predicted molar refractivity (Wildman–Crippen MR) is 86.6 cm³/mol. The Bertz CT molecular complexity index is 624. The van der Waals surface area contributed by atoms with Crippen LogP contribution in [0.15, 0.2) is 34.1 Å². The van der Waals surface area contributed by atoms with Crippen LogP contribution in [0.5, 0.6) is 0 Å². The SMILES string of the molecule is COC(=O)c1cc(C)ccc1NC(C)c1cc(Br)cs1. The van der Waals surface area contributed by atoms with E-state index >= 15 is 0 Å². The number of carbonyl (C=O) groups is 1. The van der Waals surface area contributed by atoms with Crippen molar-refractivity contribution in [1.82, 2.24) is 0 Å². The third kappa shape index (κ3) is 3.41. The molecule has 0 radical (unpaired) electrons. The Hall–Kier alpha value is -1.33. The maximum Gasteiger partial charge on any atom is 0.339 e. The molecule has 20 heavy (non-hydrogen) atoms. The fourth-order valence-corrected chi connectivity index (χ4v) is 3.38. The fraction of sp³-hybridized carbons (Fsp3) is 0.267. The van der Waals surface area contributed by atoms with E-state index in [0.29, 0.717) is 5.56 Å². The molecule has 0 bridgehead atoms. The van der Waals surface area contributed by atoms with Crippen LogP contribution in [0, 0.1) is 6.92 Å². The lowest BCUT2D eigenvalue weighted by atomic mass is 10.1. The van der Waals surface area contributed by atoms with Crippen LogP contribution in [0.3, 0.4) is 0 Å². The molecule has 3 nitrogen and oxygen atoms in total. The number of benzene rings is 1. The van der Waals surface area contributed by atoms with E-state index in [9.17, 15) is 4.79 Å². The number of esters is 1. The van der Waals surface area contributed by atoms with Gasteiger partial charge in [-0.1, -0.05) is 11.6 Å². The highest BCUT2D eigenvalue weighted by Crippen LogP contribution is 2.29. The van der Waals surface area contributed by atoms with Gasteiger partial charge in [0.1, 0.15) is 0 Å². The number of halogens is 1. The number of hydrogen-bond donors (Lipinski definition) is 1. The van der Waals surface area contributed by atoms with E-state index in [1.165, 1.54) is 12.0 Å². The van der Waals surface area contributed by atoms with Crippen LogP contribution >= 0.6 is 27.3 Å². The quantitative estimate of drug-likeness (QED) is 0.803. The molecule has 1 aromatic carbocycles. The minimum Gasteiger partial charge on any atom is -0.465 e. The highest BCUT2D eigenvalue weighted by atomic mass is 79.9. The molecule has 1 unspecified atom stereocenters. The summed E-state index contributed by atoms with van der Waals surface area (Å²) in [6.07, 6.45) is 0. The van der Waals surface area contributed by atoms with Gasteiger partial charge in [-0.25, -0.2) is 4.79 Å². The molecule has 0 saturated heterocycles. The van der Waals surface area contributed by atoms with Gasteiger partial charge in [0.15, 0.2) is 0 Å². The first-order chi connectivity index (χ1) is 9.51. The van der Waals surface area contributed by atoms with E-state index in [2.05, 4.69) is 34.2 Å². The van der Waals surface area contributed by atoms with Gasteiger partial charge in [-0.15, -0.1) is 11.3 Å². The second kappa shape index (κ2) is 6.41. The number of thiophene rings is 1. The summed E-state index contributed by atoms with van der Waals surface area (Å²) in [5.74, 6) is -0.323. The van der Waals surface area contributed by atoms with Gasteiger partial charge in [0, 0.05) is 20.4 Å². The number of methoxy groups -OCH3 is 1. The van der Waals surface area contributed by atoms with Crippen molar-refractivity contribution in [1.29, 1.82) is 0 Å². The topological polar surface area (TPSA) is 38.3 Å². The van der Waals surface area contributed by atoms with Gasteiger partial charge in [-0.05, 0) is 48.0 Å². The normalized spacial score (nSPS) is 12.0. The van der Waals surface area contributed by atoms with E-state index in [-0.39, 0.29) is 12.0 Å². The first kappa shape index (κ1) is 15.1. The first-order valence-electron chi connectivity index (χ1n) is 6.20. The van der Waals surface area contributed by atoms with E-state index in [1.54, 1.807) is 11.3 Å². The fourth-order valence-electron chi connectivity index (χ4n) is 1.92. The minimum atomic E-state index is -0.323. The Labute approximate surface area is 131 Å². The average Bonchev–Trinajstić information content (AvgIpc) is 2.86. The van der Waals surface area contributed by atoms with Crippen molar-refractivity contribution < 1.29 is 9.53 Å². The third-order valence-electron chi connectivity index (χ3n) is 2.97. The van der Waals surface area contributed by atoms with Gasteiger partial charge in [0.25, 0.3) is 0 Å². The maximum atomic E-state index is 11.8. The van der Waals surface area contributed by atoms with E-state index in [1.807, 2.05) is 30.5 Å². The van der Waals surface area contributed by atoms with Crippen molar-refractivity contribution in [3.63, 3.8) is 0 Å². The number of carbonyl (C=O) groups excluding carboxylic acids is 1. The summed E-state index contributed by atoms with van der Waals surface area (Å²) in [6, 6.07) is 7.93. The summed E-state index contributed by atoms with van der Waals surface area (Å²) in [5.41, 5.74) is 2.39. The molecule has 1 aromatic heterocycles. The van der Waals surface area contributed by atoms with Gasteiger partial charge in [-0.3, -0.25) is 0 Å². The molecule has 0 aliphatic carbocycles. The predicted octanol–water partition coefficient (Wildman–Crippen LogP) is 4.78. The highest BCUT2D eigenvalue weighted by Gasteiger charge is 2.15. The Balaban J connectivity index is 2.26. The summed E-state index contributed by atoms with van der Waals surface area (Å²) in [6.45, 7) is 4.02. The van der Waals surface area contributed by atoms with Crippen molar-refractivity contribution >= 4 is 38.9 Å². The Morgan fingerprint density at radius 2 is 2.15 bits per heavy atom. The molecule has 0 aliphatic heterocycles. The number of ether oxygens (including phenoxy) is 1. The second-order valence-corrected chi connectivity index (χ2v) is 6.43. The van der Waals surface area contributed by atoms with Crippen LogP contribution in [-0.2, 0) is 4.74 Å². The van der Waals surface area contributed by atoms with Crippen LogP contribution in [0.4, 0.5) is 5.69 Å². The minimum absolute atomic E-state index is 0.123. The molecule has 5 heteroatoms. The van der Waals surface area contributed by atoms with Crippen LogP contribution in [-0.4, -0.2) is 13.1 Å². The largest absolute Gasteiger partial charge is 0.465 e. The summed E-state index contributed by atoms with van der Waals surface area (Å²) < 4.78 is 5.91. The summed E-state index contributed by atoms with van der Waals surface area (Å²) in [5, 5.41) is 5.42. The van der Waals surface area contributed by atoms with Gasteiger partial charge < -0.3 is 10.1 Å². The lowest BCUT2D eigenvalue weighted by Crippen LogP contribution is -2.11. The number of hydrogen-bond acceptors (Lipinski definition) is 4. The van der Waals surface area contributed by atoms with Crippen LogP contribution in [0.25, 0.3) is 0 Å². The number of anilines is 1. The van der Waals surface area contributed by atoms with Gasteiger partial charge in [0.05, 0.1) is 18.7 Å². The summed E-state index contributed by atoms with van der Waals surface area (Å²) in [7, 11) is 1.40. The molecule has 1 N–H and O–H groups in total. The first-order valence-corrected chi connectivity index (χ1v) is 7.88. The van der Waals surface area contributed by atoms with Crippen LogP contribution < -0.4 is 5.32 Å². The zero-order valence-corrected chi connectivity index (χ0v) is 14.0. The molecular formula is C15H16BrNO2S. The second-order valence-electron chi connectivity index (χ2n) is 4.57. The van der Waals surface area contributed by atoms with Gasteiger partial charge in [-0.2, -0.15) is 0 Å². The van der Waals surface area contributed by atoms with Crippen molar-refractivity contribution in [2.45, 2.75) is 19.9 Å². The molecule has 0 spiro atoms. The van der Waals surface area contributed by atoms with Crippen molar-refractivity contribution in [2.24, 2.45) is 0 Å². The average molecular weight is 354 g/mol. The molecule has 0 aliphatic rings. The van der Waals surface area contributed by atoms with Gasteiger partial charge in [0.2, 0.25) is 0 Å². The van der Waals surface area contributed by atoms with Crippen molar-refractivity contribution in [2.75, 3.05) is 12.4 Å². The number of nitrogens with one attached hydrogen (secondary N) is 1. The van der Waals surface area contributed by atoms with Crippen LogP contribution in [0.1, 0.15) is 33.8 Å². The van der Waals surface area contributed by atoms with E-state index in [4.69, 9.17) is 4.74 Å². The third-order valence-corrected chi connectivity index (χ3v) is 4.84. The summed E-state index contributed by atoms with van der Waals surface area (Å²) in [4.78, 5) is 13.0.